The molecule has 1 atom stereocenters. The highest BCUT2D eigenvalue weighted by Crippen LogP contribution is 2.36. The lowest BCUT2D eigenvalue weighted by molar-refractivity contribution is -0.137. The molecule has 3 rings (SSSR count). The van der Waals surface area contributed by atoms with Gasteiger partial charge in [0.05, 0.1) is 17.1 Å². The van der Waals surface area contributed by atoms with E-state index in [0.717, 1.165) is 11.2 Å². The molecule has 1 unspecified atom stereocenters. The Labute approximate surface area is 127 Å². The Morgan fingerprint density at radius 1 is 1.41 bits per heavy atom. The van der Waals surface area contributed by atoms with Gasteiger partial charge in [-0.3, -0.25) is 9.74 Å². The predicted molar refractivity (Wildman–Crippen MR) is 73.8 cm³/mol. The summed E-state index contributed by atoms with van der Waals surface area (Å²) in [5.41, 5.74) is 4.00. The summed E-state index contributed by atoms with van der Waals surface area (Å²) in [5, 5.41) is 4.96. The van der Waals surface area contributed by atoms with Gasteiger partial charge < -0.3 is 4.84 Å². The van der Waals surface area contributed by atoms with Crippen LogP contribution in [0.3, 0.4) is 0 Å². The second kappa shape index (κ2) is 5.83. The first-order valence-corrected chi connectivity index (χ1v) is 7.54. The number of alkyl halides is 3. The molecule has 1 fully saturated rings. The smallest absolute Gasteiger partial charge is 0.347 e. The number of rotatable bonds is 4. The van der Waals surface area contributed by atoms with Crippen molar-refractivity contribution in [3.8, 4) is 0 Å². The molecule has 120 valence electrons. The molecule has 2 heterocycles. The normalized spacial score (nSPS) is 20.6. The van der Waals surface area contributed by atoms with Gasteiger partial charge in [-0.25, -0.2) is 0 Å². The Morgan fingerprint density at radius 3 is 2.77 bits per heavy atom. The van der Waals surface area contributed by atoms with Gasteiger partial charge in [-0.1, -0.05) is 17.2 Å². The fourth-order valence-electron chi connectivity index (χ4n) is 1.85. The number of hydrogen-bond donors (Lipinski definition) is 2. The molecule has 0 bridgehead atoms. The average Bonchev–Trinajstić information content (AvgIpc) is 3.20. The Bertz CT molecular complexity index is 581. The lowest BCUT2D eigenvalue weighted by atomic mass is 10.2. The van der Waals surface area contributed by atoms with Crippen molar-refractivity contribution in [2.24, 2.45) is 5.10 Å². The maximum absolute atomic E-state index is 13.0. The van der Waals surface area contributed by atoms with E-state index in [1.54, 1.807) is 4.90 Å². The van der Waals surface area contributed by atoms with Crippen molar-refractivity contribution in [2.45, 2.75) is 12.5 Å². The molecule has 2 aliphatic heterocycles. The molecule has 1 saturated heterocycles. The van der Waals surface area contributed by atoms with Crippen LogP contribution in [0.4, 0.5) is 18.9 Å². The van der Waals surface area contributed by atoms with Crippen molar-refractivity contribution in [1.82, 2.24) is 16.0 Å². The van der Waals surface area contributed by atoms with E-state index in [-0.39, 0.29) is 11.7 Å². The molecule has 22 heavy (non-hydrogen) atoms. The van der Waals surface area contributed by atoms with Gasteiger partial charge in [0.25, 0.3) is 0 Å². The van der Waals surface area contributed by atoms with Gasteiger partial charge in [-0.15, -0.1) is 17.2 Å². The molecule has 2 aliphatic rings. The van der Waals surface area contributed by atoms with E-state index in [2.05, 4.69) is 16.2 Å². The number of hydroxylamine groups is 1. The molecule has 0 radical (unpaired) electrons. The van der Waals surface area contributed by atoms with Gasteiger partial charge >= 0.3 is 12.2 Å². The van der Waals surface area contributed by atoms with Crippen LogP contribution in [0.15, 0.2) is 29.4 Å². The van der Waals surface area contributed by atoms with Crippen molar-refractivity contribution < 1.29 is 22.8 Å². The summed E-state index contributed by atoms with van der Waals surface area (Å²) in [6.07, 6.45) is -3.02. The van der Waals surface area contributed by atoms with Crippen LogP contribution in [0.2, 0.25) is 0 Å². The van der Waals surface area contributed by atoms with E-state index in [9.17, 15) is 13.2 Å². The minimum absolute atomic E-state index is 0.112. The first-order valence-electron chi connectivity index (χ1n) is 6.15. The van der Waals surface area contributed by atoms with Gasteiger partial charge in [0.15, 0.2) is 0 Å². The van der Waals surface area contributed by atoms with Crippen LogP contribution in [0.1, 0.15) is 5.56 Å². The summed E-state index contributed by atoms with van der Waals surface area (Å²) < 4.78 is 39.1. The lowest BCUT2D eigenvalue weighted by Gasteiger charge is -2.17. The molecular weight excluding hydrogens is 323 g/mol. The second-order valence-electron chi connectivity index (χ2n) is 4.38. The summed E-state index contributed by atoms with van der Waals surface area (Å²) in [7, 11) is 0. The zero-order chi connectivity index (χ0) is 15.7. The van der Waals surface area contributed by atoms with Crippen LogP contribution >= 0.6 is 11.8 Å². The van der Waals surface area contributed by atoms with Crippen molar-refractivity contribution in [2.75, 3.05) is 17.3 Å². The number of hydrazine groups is 1. The van der Waals surface area contributed by atoms with Crippen LogP contribution in [0.25, 0.3) is 0 Å². The Morgan fingerprint density at radius 2 is 2.14 bits per heavy atom. The summed E-state index contributed by atoms with van der Waals surface area (Å²) in [4.78, 5) is 11.7. The summed E-state index contributed by atoms with van der Waals surface area (Å²) in [6.45, 7) is 0. The third kappa shape index (κ3) is 3.06. The summed E-state index contributed by atoms with van der Waals surface area (Å²) in [5.74, 6) is 0.493. The molecule has 0 aromatic heterocycles. The number of hydrogen-bond acceptors (Lipinski definition) is 8. The molecular formula is C11H12F3N5O2S. The first-order chi connectivity index (χ1) is 10.5. The fourth-order valence-corrected chi connectivity index (χ4v) is 2.37. The Balaban J connectivity index is 1.85. The number of anilines is 1. The average molecular weight is 335 g/mol. The predicted octanol–water partition coefficient (Wildman–Crippen LogP) is 1.67. The minimum atomic E-state index is -4.49. The van der Waals surface area contributed by atoms with Crippen molar-refractivity contribution in [3.63, 3.8) is 0 Å². The largest absolute Gasteiger partial charge is 0.418 e. The van der Waals surface area contributed by atoms with Gasteiger partial charge in [-0.2, -0.15) is 18.3 Å². The van der Waals surface area contributed by atoms with Gasteiger partial charge in [0.2, 0.25) is 6.35 Å². The maximum atomic E-state index is 13.0. The molecule has 1 aromatic rings. The molecule has 7 nitrogen and oxygen atoms in total. The molecule has 0 saturated carbocycles. The summed E-state index contributed by atoms with van der Waals surface area (Å²) >= 11 is 1.49. The molecule has 0 aliphatic carbocycles. The highest BCUT2D eigenvalue weighted by atomic mass is 32.2. The van der Waals surface area contributed by atoms with E-state index in [4.69, 9.17) is 9.68 Å². The highest BCUT2D eigenvalue weighted by Gasteiger charge is 2.39. The Kier molecular flexibility index (Phi) is 4.04. The standard InChI is InChI=1S/C11H12F3N5O2S/c1-22-6-18(10-16-20-10)9-15-19(17-21-9)8-5-3-2-4-7(8)11(12,13)14/h2-5,10,16-17H,6H2,1H3. The summed E-state index contributed by atoms with van der Waals surface area (Å²) in [6, 6.07) is 5.20. The monoisotopic (exact) mass is 335 g/mol. The number of para-hydroxylation sites is 1. The highest BCUT2D eigenvalue weighted by molar-refractivity contribution is 7.98. The third-order valence-corrected chi connectivity index (χ3v) is 3.40. The van der Waals surface area contributed by atoms with E-state index in [0.29, 0.717) is 5.88 Å². The van der Waals surface area contributed by atoms with E-state index < -0.39 is 18.1 Å². The number of halogens is 3. The molecule has 0 spiro atoms. The quantitative estimate of drug-likeness (QED) is 0.640. The number of nitrogens with zero attached hydrogens (tertiary/aromatic N) is 3. The maximum Gasteiger partial charge on any atom is 0.418 e. The first kappa shape index (κ1) is 15.2. The van der Waals surface area contributed by atoms with Crippen molar-refractivity contribution >= 4 is 23.5 Å². The number of thioether (sulfide) groups is 1. The zero-order valence-corrected chi connectivity index (χ0v) is 12.1. The molecule has 2 N–H and O–H groups in total. The van der Waals surface area contributed by atoms with E-state index in [1.165, 1.54) is 30.0 Å². The number of benzene rings is 1. The second-order valence-corrected chi connectivity index (χ2v) is 5.21. The van der Waals surface area contributed by atoms with Crippen LogP contribution in [-0.4, -0.2) is 29.4 Å². The van der Waals surface area contributed by atoms with Crippen LogP contribution < -0.4 is 16.2 Å². The van der Waals surface area contributed by atoms with Crippen molar-refractivity contribution in [1.29, 1.82) is 0 Å². The Hall–Kier alpha value is -1.69. The number of nitrogens with one attached hydrogen (secondary N) is 2. The SMILES string of the molecule is CSCN(C1=NN(c2ccccc2C(F)(F)F)NO1)C1NO1. The minimum Gasteiger partial charge on any atom is -0.347 e. The number of amidine groups is 1. The van der Waals surface area contributed by atoms with Crippen LogP contribution in [-0.2, 0) is 15.9 Å². The zero-order valence-electron chi connectivity index (χ0n) is 11.3. The third-order valence-electron chi connectivity index (χ3n) is 2.87. The number of hydrazone groups is 1. The lowest BCUT2D eigenvalue weighted by Crippen LogP contribution is -2.36. The van der Waals surface area contributed by atoms with Crippen molar-refractivity contribution in [3.05, 3.63) is 29.8 Å². The van der Waals surface area contributed by atoms with Crippen LogP contribution in [0, 0.1) is 0 Å². The van der Waals surface area contributed by atoms with E-state index in [1.807, 2.05) is 6.26 Å². The van der Waals surface area contributed by atoms with Gasteiger partial charge in [0.1, 0.15) is 0 Å². The fraction of sp³-hybridized carbons (Fsp3) is 0.364. The molecule has 1 aromatic carbocycles. The van der Waals surface area contributed by atoms with Gasteiger partial charge in [-0.05, 0) is 24.0 Å². The van der Waals surface area contributed by atoms with Crippen LogP contribution in [0.5, 0.6) is 0 Å². The van der Waals surface area contributed by atoms with Gasteiger partial charge in [0, 0.05) is 0 Å². The van der Waals surface area contributed by atoms with E-state index >= 15 is 0 Å². The topological polar surface area (TPSA) is 74.6 Å². The molecule has 11 heteroatoms. The molecule has 0 amide bonds.